The quantitative estimate of drug-likeness (QED) is 0.913. The monoisotopic (exact) mass is 312 g/mol. The summed E-state index contributed by atoms with van der Waals surface area (Å²) in [4.78, 5) is 10.9. The number of ether oxygens (including phenoxy) is 2. The van der Waals surface area contributed by atoms with E-state index in [1.54, 1.807) is 6.08 Å². The minimum Gasteiger partial charge on any atom is -0.442 e. The van der Waals surface area contributed by atoms with Crippen LogP contribution in [0.1, 0.15) is 16.7 Å². The zero-order valence-electron chi connectivity index (χ0n) is 11.2. The number of cyclic esters (lactones) is 1. The standard InChI is InChI=1S/C14H11F3N2O3/c15-14(16,17)11-5-8(12-7-22-13(20)19-18-12)1-2-10(11)9-3-4-21-6-9/h1-3,5H,4,6-7H2,(H,19,20). The Labute approximate surface area is 123 Å². The lowest BCUT2D eigenvalue weighted by molar-refractivity contribution is -0.137. The molecule has 1 amide bonds. The summed E-state index contributed by atoms with van der Waals surface area (Å²) < 4.78 is 49.7. The molecule has 2 aliphatic heterocycles. The maximum atomic E-state index is 13.3. The SMILES string of the molecule is O=C1NN=C(c2ccc(C3=CCOC3)c(C(F)(F)F)c2)CO1. The Hall–Kier alpha value is -2.35. The third-order valence-corrected chi connectivity index (χ3v) is 3.33. The molecule has 0 aromatic heterocycles. The van der Waals surface area contributed by atoms with Gasteiger partial charge in [0.25, 0.3) is 0 Å². The van der Waals surface area contributed by atoms with Crippen molar-refractivity contribution >= 4 is 17.4 Å². The highest BCUT2D eigenvalue weighted by molar-refractivity contribution is 6.04. The van der Waals surface area contributed by atoms with Gasteiger partial charge in [-0.2, -0.15) is 18.3 Å². The number of hydrazone groups is 1. The molecule has 2 heterocycles. The number of benzene rings is 1. The Kier molecular flexibility index (Phi) is 3.61. The second kappa shape index (κ2) is 5.45. The molecule has 1 aromatic carbocycles. The molecule has 0 saturated carbocycles. The molecule has 2 aliphatic rings. The summed E-state index contributed by atoms with van der Waals surface area (Å²) in [6.45, 7) is 0.289. The highest BCUT2D eigenvalue weighted by Gasteiger charge is 2.35. The Morgan fingerprint density at radius 2 is 2.05 bits per heavy atom. The van der Waals surface area contributed by atoms with E-state index in [1.165, 1.54) is 12.1 Å². The molecule has 116 valence electrons. The molecule has 22 heavy (non-hydrogen) atoms. The molecule has 3 rings (SSSR count). The van der Waals surface area contributed by atoms with Crippen LogP contribution in [0.4, 0.5) is 18.0 Å². The maximum Gasteiger partial charge on any atom is 0.428 e. The van der Waals surface area contributed by atoms with E-state index in [9.17, 15) is 18.0 Å². The fourth-order valence-electron chi connectivity index (χ4n) is 2.27. The fourth-order valence-corrected chi connectivity index (χ4v) is 2.27. The Morgan fingerprint density at radius 3 is 2.64 bits per heavy atom. The van der Waals surface area contributed by atoms with Gasteiger partial charge < -0.3 is 9.47 Å². The molecule has 0 spiro atoms. The summed E-state index contributed by atoms with van der Waals surface area (Å²) >= 11 is 0. The summed E-state index contributed by atoms with van der Waals surface area (Å²) in [7, 11) is 0. The minimum absolute atomic E-state index is 0.0927. The molecule has 0 radical (unpaired) electrons. The lowest BCUT2D eigenvalue weighted by Crippen LogP contribution is -2.30. The van der Waals surface area contributed by atoms with Gasteiger partial charge in [-0.05, 0) is 17.2 Å². The van der Waals surface area contributed by atoms with E-state index in [2.05, 4.69) is 10.5 Å². The van der Waals surface area contributed by atoms with Gasteiger partial charge in [-0.15, -0.1) is 0 Å². The third-order valence-electron chi connectivity index (χ3n) is 3.33. The lowest BCUT2D eigenvalue weighted by Gasteiger charge is -2.17. The minimum atomic E-state index is -4.51. The summed E-state index contributed by atoms with van der Waals surface area (Å²) in [5, 5.41) is 3.72. The maximum absolute atomic E-state index is 13.3. The van der Waals surface area contributed by atoms with Crippen LogP contribution in [0.3, 0.4) is 0 Å². The van der Waals surface area contributed by atoms with E-state index in [1.807, 2.05) is 0 Å². The number of hydrogen-bond acceptors (Lipinski definition) is 4. The van der Waals surface area contributed by atoms with E-state index in [-0.39, 0.29) is 30.1 Å². The van der Waals surface area contributed by atoms with E-state index in [0.717, 1.165) is 6.07 Å². The highest BCUT2D eigenvalue weighted by Crippen LogP contribution is 2.36. The smallest absolute Gasteiger partial charge is 0.428 e. The van der Waals surface area contributed by atoms with Gasteiger partial charge in [0, 0.05) is 5.56 Å². The van der Waals surface area contributed by atoms with Crippen LogP contribution < -0.4 is 5.43 Å². The van der Waals surface area contributed by atoms with Crippen LogP contribution >= 0.6 is 0 Å². The number of nitrogens with one attached hydrogen (secondary N) is 1. The zero-order chi connectivity index (χ0) is 15.7. The summed E-state index contributed by atoms with van der Waals surface area (Å²) in [5.74, 6) is 0. The summed E-state index contributed by atoms with van der Waals surface area (Å²) in [6, 6.07) is 3.91. The molecule has 5 nitrogen and oxygen atoms in total. The zero-order valence-corrected chi connectivity index (χ0v) is 11.2. The first-order valence-electron chi connectivity index (χ1n) is 6.43. The number of rotatable bonds is 2. The first-order valence-corrected chi connectivity index (χ1v) is 6.43. The van der Waals surface area contributed by atoms with Crippen molar-refractivity contribution in [2.24, 2.45) is 5.10 Å². The average molecular weight is 312 g/mol. The third kappa shape index (κ3) is 2.82. The van der Waals surface area contributed by atoms with Crippen molar-refractivity contribution in [1.29, 1.82) is 0 Å². The molecular formula is C14H11F3N2O3. The van der Waals surface area contributed by atoms with Crippen LogP contribution in [0, 0.1) is 0 Å². The second-order valence-electron chi connectivity index (χ2n) is 4.75. The van der Waals surface area contributed by atoms with Crippen LogP contribution in [0.25, 0.3) is 5.57 Å². The van der Waals surface area contributed by atoms with Crippen LogP contribution in [0.2, 0.25) is 0 Å². The van der Waals surface area contributed by atoms with Crippen molar-refractivity contribution < 1.29 is 27.4 Å². The van der Waals surface area contributed by atoms with Gasteiger partial charge in [-0.3, -0.25) is 0 Å². The predicted molar refractivity (Wildman–Crippen MR) is 71.3 cm³/mol. The second-order valence-corrected chi connectivity index (χ2v) is 4.75. The number of alkyl halides is 3. The number of carbonyl (C=O) groups excluding carboxylic acids is 1. The van der Waals surface area contributed by atoms with Crippen molar-refractivity contribution in [3.63, 3.8) is 0 Å². The van der Waals surface area contributed by atoms with Crippen LogP contribution in [-0.4, -0.2) is 31.6 Å². The molecule has 0 bridgehead atoms. The van der Waals surface area contributed by atoms with Crippen molar-refractivity contribution in [3.05, 3.63) is 41.0 Å². The number of hydrogen-bond donors (Lipinski definition) is 1. The van der Waals surface area contributed by atoms with Gasteiger partial charge >= 0.3 is 12.3 Å². The van der Waals surface area contributed by atoms with Gasteiger partial charge in [-0.25, -0.2) is 10.2 Å². The Balaban J connectivity index is 2.03. The van der Waals surface area contributed by atoms with Gasteiger partial charge in [0.05, 0.1) is 18.8 Å². The Morgan fingerprint density at radius 1 is 1.23 bits per heavy atom. The van der Waals surface area contributed by atoms with Gasteiger partial charge in [0.15, 0.2) is 0 Å². The van der Waals surface area contributed by atoms with Crippen molar-refractivity contribution in [3.8, 4) is 0 Å². The molecular weight excluding hydrogens is 301 g/mol. The van der Waals surface area contributed by atoms with Crippen molar-refractivity contribution in [2.45, 2.75) is 6.18 Å². The van der Waals surface area contributed by atoms with E-state index >= 15 is 0 Å². The van der Waals surface area contributed by atoms with Gasteiger partial charge in [-0.1, -0.05) is 18.2 Å². The molecule has 0 atom stereocenters. The molecule has 0 unspecified atom stereocenters. The van der Waals surface area contributed by atoms with Crippen molar-refractivity contribution in [2.75, 3.05) is 19.8 Å². The lowest BCUT2D eigenvalue weighted by atomic mass is 9.96. The molecule has 1 N–H and O–H groups in total. The molecule has 0 fully saturated rings. The summed E-state index contributed by atoms with van der Waals surface area (Å²) in [6.07, 6.45) is -3.61. The average Bonchev–Trinajstić information content (AvgIpc) is 3.01. The number of nitrogens with zero attached hydrogens (tertiary/aromatic N) is 1. The Bertz CT molecular complexity index is 680. The van der Waals surface area contributed by atoms with Gasteiger partial charge in [0.2, 0.25) is 0 Å². The van der Waals surface area contributed by atoms with Crippen molar-refractivity contribution in [1.82, 2.24) is 5.43 Å². The number of amides is 1. The van der Waals surface area contributed by atoms with E-state index < -0.39 is 17.8 Å². The van der Waals surface area contributed by atoms with Crippen LogP contribution in [0.15, 0.2) is 29.4 Å². The first-order chi connectivity index (χ1) is 10.4. The molecule has 0 saturated heterocycles. The molecule has 1 aromatic rings. The summed E-state index contributed by atoms with van der Waals surface area (Å²) in [5.41, 5.74) is 2.39. The van der Waals surface area contributed by atoms with Crippen LogP contribution in [0.5, 0.6) is 0 Å². The fraction of sp³-hybridized carbons (Fsp3) is 0.286. The number of carbonyl (C=O) groups is 1. The molecule has 0 aliphatic carbocycles. The normalized spacial score (nSPS) is 18.4. The highest BCUT2D eigenvalue weighted by atomic mass is 19.4. The first kappa shape index (κ1) is 14.6. The van der Waals surface area contributed by atoms with Gasteiger partial charge in [0.1, 0.15) is 12.3 Å². The predicted octanol–water partition coefficient (Wildman–Crippen LogP) is 2.56. The topological polar surface area (TPSA) is 59.9 Å². The number of halogens is 3. The van der Waals surface area contributed by atoms with E-state index in [0.29, 0.717) is 12.2 Å². The van der Waals surface area contributed by atoms with E-state index in [4.69, 9.17) is 9.47 Å². The largest absolute Gasteiger partial charge is 0.442 e. The molecule has 8 heteroatoms. The van der Waals surface area contributed by atoms with Crippen LogP contribution in [-0.2, 0) is 15.7 Å².